The first kappa shape index (κ1) is 14.6. The van der Waals surface area contributed by atoms with Crippen LogP contribution in [0.15, 0.2) is 30.6 Å². The summed E-state index contributed by atoms with van der Waals surface area (Å²) >= 11 is 0. The quantitative estimate of drug-likeness (QED) is 0.910. The molecule has 1 aromatic rings. The van der Waals surface area contributed by atoms with Crippen molar-refractivity contribution >= 4 is 5.91 Å². The molecule has 0 bridgehead atoms. The van der Waals surface area contributed by atoms with Crippen LogP contribution in [0.4, 0.5) is 8.78 Å². The number of benzene rings is 1. The number of carbonyl (C=O) groups is 1. The van der Waals surface area contributed by atoms with E-state index in [2.05, 4.69) is 5.43 Å². The summed E-state index contributed by atoms with van der Waals surface area (Å²) in [6.45, 7) is 0.0562. The van der Waals surface area contributed by atoms with Gasteiger partial charge >= 0.3 is 0 Å². The molecule has 1 saturated carbocycles. The Morgan fingerprint density at radius 1 is 1.17 bits per heavy atom. The first-order chi connectivity index (χ1) is 11.1. The molecule has 4 nitrogen and oxygen atoms in total. The first-order valence-electron chi connectivity index (χ1n) is 8.11. The van der Waals surface area contributed by atoms with Crippen LogP contribution in [0.1, 0.15) is 31.2 Å². The number of fused-ring (bicyclic) bond motifs is 3. The highest BCUT2D eigenvalue weighted by Crippen LogP contribution is 2.36. The van der Waals surface area contributed by atoms with E-state index in [1.54, 1.807) is 6.20 Å². The molecule has 2 fully saturated rings. The number of hydrogen-bond acceptors (Lipinski definition) is 3. The minimum absolute atomic E-state index is 0.0435. The number of rotatable bonds is 2. The van der Waals surface area contributed by atoms with Gasteiger partial charge in [-0.15, -0.1) is 0 Å². The van der Waals surface area contributed by atoms with Crippen LogP contribution in [0.5, 0.6) is 0 Å². The molecule has 0 spiro atoms. The van der Waals surface area contributed by atoms with Crippen LogP contribution in [0, 0.1) is 17.6 Å². The summed E-state index contributed by atoms with van der Waals surface area (Å²) in [5.74, 6) is -0.736. The van der Waals surface area contributed by atoms with Gasteiger partial charge in [-0.1, -0.05) is 12.8 Å². The van der Waals surface area contributed by atoms with Gasteiger partial charge in [-0.3, -0.25) is 4.79 Å². The minimum Gasteiger partial charge on any atom is -0.311 e. The maximum Gasteiger partial charge on any atom is 0.251 e. The predicted molar refractivity (Wildman–Crippen MR) is 80.6 cm³/mol. The number of hydrazine groups is 1. The fourth-order valence-electron chi connectivity index (χ4n) is 3.99. The number of nitrogens with zero attached hydrogens (tertiary/aromatic N) is 2. The van der Waals surface area contributed by atoms with E-state index < -0.39 is 11.6 Å². The van der Waals surface area contributed by atoms with Crippen molar-refractivity contribution in [3.63, 3.8) is 0 Å². The molecule has 0 radical (unpaired) electrons. The minimum atomic E-state index is -0.494. The van der Waals surface area contributed by atoms with Gasteiger partial charge in [0.1, 0.15) is 17.7 Å². The largest absolute Gasteiger partial charge is 0.311 e. The highest BCUT2D eigenvalue weighted by Gasteiger charge is 2.47. The van der Waals surface area contributed by atoms with Crippen molar-refractivity contribution in [1.82, 2.24) is 15.3 Å². The van der Waals surface area contributed by atoms with E-state index in [0.717, 1.165) is 37.5 Å². The molecule has 3 aliphatic rings. The van der Waals surface area contributed by atoms with Crippen molar-refractivity contribution < 1.29 is 13.6 Å². The zero-order valence-electron chi connectivity index (χ0n) is 12.7. The highest BCUT2D eigenvalue weighted by molar-refractivity contribution is 5.84. The van der Waals surface area contributed by atoms with E-state index in [0.29, 0.717) is 12.0 Å². The Morgan fingerprint density at radius 3 is 2.87 bits per heavy atom. The molecule has 3 atom stereocenters. The summed E-state index contributed by atoms with van der Waals surface area (Å²) < 4.78 is 27.2. The topological polar surface area (TPSA) is 35.6 Å². The number of hydrogen-bond donors (Lipinski definition) is 1. The Bertz CT molecular complexity index is 663. The Labute approximate surface area is 133 Å². The lowest BCUT2D eigenvalue weighted by atomic mass is 9.81. The third-order valence-corrected chi connectivity index (χ3v) is 5.13. The molecule has 1 aliphatic carbocycles. The maximum atomic E-state index is 13.8. The zero-order chi connectivity index (χ0) is 16.0. The molecule has 1 N–H and O–H groups in total. The molecular weight excluding hydrogens is 300 g/mol. The number of carbonyl (C=O) groups excluding carboxylic acids is 1. The van der Waals surface area contributed by atoms with Gasteiger partial charge in [0.25, 0.3) is 5.91 Å². The summed E-state index contributed by atoms with van der Waals surface area (Å²) in [5.41, 5.74) is 3.59. The van der Waals surface area contributed by atoms with E-state index in [-0.39, 0.29) is 24.1 Å². The Kier molecular flexibility index (Phi) is 3.56. The van der Waals surface area contributed by atoms with Gasteiger partial charge in [-0.05, 0) is 31.0 Å². The van der Waals surface area contributed by atoms with E-state index in [9.17, 15) is 13.6 Å². The van der Waals surface area contributed by atoms with Crippen molar-refractivity contribution in [2.24, 2.45) is 5.92 Å². The molecule has 4 rings (SSSR count). The molecule has 6 heteroatoms. The van der Waals surface area contributed by atoms with Crippen molar-refractivity contribution in [3.8, 4) is 0 Å². The van der Waals surface area contributed by atoms with Gasteiger partial charge in [-0.2, -0.15) is 0 Å². The SMILES string of the molecule is O=C1C2C3CCCCC3NN2C=CN1Cc1cc(F)ccc1F. The van der Waals surface area contributed by atoms with Crippen molar-refractivity contribution in [3.05, 3.63) is 47.8 Å². The van der Waals surface area contributed by atoms with E-state index in [1.165, 1.54) is 11.3 Å². The zero-order valence-corrected chi connectivity index (χ0v) is 12.7. The average molecular weight is 319 g/mol. The highest BCUT2D eigenvalue weighted by atomic mass is 19.1. The van der Waals surface area contributed by atoms with Crippen LogP contribution in [0.25, 0.3) is 0 Å². The summed E-state index contributed by atoms with van der Waals surface area (Å²) in [5, 5.41) is 1.89. The van der Waals surface area contributed by atoms with Gasteiger partial charge in [0.05, 0.1) is 6.54 Å². The lowest BCUT2D eigenvalue weighted by molar-refractivity contribution is -0.136. The molecule has 23 heavy (non-hydrogen) atoms. The van der Waals surface area contributed by atoms with E-state index in [1.807, 2.05) is 11.2 Å². The van der Waals surface area contributed by atoms with Crippen LogP contribution in [0.2, 0.25) is 0 Å². The monoisotopic (exact) mass is 319 g/mol. The number of halogens is 2. The third-order valence-electron chi connectivity index (χ3n) is 5.13. The Balaban J connectivity index is 1.56. The lowest BCUT2D eigenvalue weighted by Crippen LogP contribution is -2.49. The second-order valence-electron chi connectivity index (χ2n) is 6.54. The molecule has 2 aliphatic heterocycles. The summed E-state index contributed by atoms with van der Waals surface area (Å²) in [7, 11) is 0. The van der Waals surface area contributed by atoms with Gasteiger partial charge < -0.3 is 9.91 Å². The molecule has 122 valence electrons. The number of amides is 1. The van der Waals surface area contributed by atoms with E-state index in [4.69, 9.17) is 0 Å². The molecule has 1 amide bonds. The van der Waals surface area contributed by atoms with Gasteiger partial charge in [0.2, 0.25) is 0 Å². The predicted octanol–water partition coefficient (Wildman–Crippen LogP) is 2.53. The average Bonchev–Trinajstić information content (AvgIpc) is 2.92. The van der Waals surface area contributed by atoms with Crippen LogP contribution < -0.4 is 5.43 Å². The Morgan fingerprint density at radius 2 is 2.00 bits per heavy atom. The molecular formula is C17H19F2N3O. The van der Waals surface area contributed by atoms with Crippen LogP contribution in [0.3, 0.4) is 0 Å². The maximum absolute atomic E-state index is 13.8. The van der Waals surface area contributed by atoms with Crippen LogP contribution in [-0.4, -0.2) is 27.9 Å². The summed E-state index contributed by atoms with van der Waals surface area (Å²) in [4.78, 5) is 14.3. The second kappa shape index (κ2) is 5.60. The van der Waals surface area contributed by atoms with Gasteiger partial charge in [0.15, 0.2) is 0 Å². The third kappa shape index (κ3) is 2.51. The standard InChI is InChI=1S/C17H19F2N3O/c18-12-5-6-14(19)11(9-12)10-21-7-8-22-16(17(21)23)13-3-1-2-4-15(13)20-22/h5-9,13,15-16,20H,1-4,10H2. The van der Waals surface area contributed by atoms with Crippen molar-refractivity contribution in [2.75, 3.05) is 0 Å². The van der Waals surface area contributed by atoms with Gasteiger partial charge in [0, 0.05) is 29.9 Å². The fraction of sp³-hybridized carbons (Fsp3) is 0.471. The lowest BCUT2D eigenvalue weighted by Gasteiger charge is -2.34. The molecule has 1 saturated heterocycles. The van der Waals surface area contributed by atoms with E-state index >= 15 is 0 Å². The molecule has 3 unspecified atom stereocenters. The van der Waals surface area contributed by atoms with Crippen molar-refractivity contribution in [1.29, 1.82) is 0 Å². The Hall–Kier alpha value is -1.95. The summed E-state index contributed by atoms with van der Waals surface area (Å²) in [6, 6.07) is 3.44. The smallest absolute Gasteiger partial charge is 0.251 e. The summed E-state index contributed by atoms with van der Waals surface area (Å²) in [6.07, 6.45) is 7.92. The number of nitrogens with one attached hydrogen (secondary N) is 1. The normalized spacial score (nSPS) is 29.7. The van der Waals surface area contributed by atoms with Gasteiger partial charge in [-0.25, -0.2) is 14.2 Å². The molecule has 2 heterocycles. The van der Waals surface area contributed by atoms with Crippen LogP contribution >= 0.6 is 0 Å². The first-order valence-corrected chi connectivity index (χ1v) is 8.11. The fourth-order valence-corrected chi connectivity index (χ4v) is 3.99. The second-order valence-corrected chi connectivity index (χ2v) is 6.54. The molecule has 1 aromatic carbocycles. The molecule has 0 aromatic heterocycles. The van der Waals surface area contributed by atoms with Crippen molar-refractivity contribution in [2.45, 2.75) is 44.3 Å². The van der Waals surface area contributed by atoms with Crippen LogP contribution in [-0.2, 0) is 11.3 Å².